The van der Waals surface area contributed by atoms with Crippen molar-refractivity contribution in [2.24, 2.45) is 0 Å². The van der Waals surface area contributed by atoms with Crippen molar-refractivity contribution < 1.29 is 4.79 Å². The molecule has 0 radical (unpaired) electrons. The Kier molecular flexibility index (Phi) is 6.10. The lowest BCUT2D eigenvalue weighted by atomic mass is 10.1. The van der Waals surface area contributed by atoms with Gasteiger partial charge in [0.25, 0.3) is 0 Å². The normalized spacial score (nSPS) is 10.9. The number of hydrogen-bond donors (Lipinski definition) is 1. The van der Waals surface area contributed by atoms with Gasteiger partial charge in [-0.05, 0) is 48.7 Å². The second kappa shape index (κ2) is 9.09. The Balaban J connectivity index is 1.55. The van der Waals surface area contributed by atoms with Gasteiger partial charge in [0.05, 0.1) is 22.5 Å². The van der Waals surface area contributed by atoms with E-state index >= 15 is 0 Å². The maximum absolute atomic E-state index is 12.6. The molecule has 0 unspecified atom stereocenters. The number of amides is 1. The molecule has 3 aromatic carbocycles. The second-order valence-corrected chi connectivity index (χ2v) is 8.17. The zero-order valence-electron chi connectivity index (χ0n) is 17.1. The SMILES string of the molecule is Cc1cccc(NC(=O)CSc2nc3ccccc3nc2Cc2ccccc2)c1C. The van der Waals surface area contributed by atoms with E-state index in [1.807, 2.05) is 74.5 Å². The summed E-state index contributed by atoms with van der Waals surface area (Å²) in [5, 5.41) is 3.82. The van der Waals surface area contributed by atoms with E-state index in [0.717, 1.165) is 38.6 Å². The fourth-order valence-electron chi connectivity index (χ4n) is 3.25. The molecule has 5 heteroatoms. The van der Waals surface area contributed by atoms with Crippen molar-refractivity contribution in [1.82, 2.24) is 9.97 Å². The Morgan fingerprint density at radius 1 is 0.867 bits per heavy atom. The van der Waals surface area contributed by atoms with E-state index in [1.54, 1.807) is 0 Å². The molecule has 4 aromatic rings. The lowest BCUT2D eigenvalue weighted by Crippen LogP contribution is -2.15. The molecule has 0 saturated carbocycles. The van der Waals surface area contributed by atoms with Gasteiger partial charge in [-0.15, -0.1) is 0 Å². The summed E-state index contributed by atoms with van der Waals surface area (Å²) in [4.78, 5) is 22.2. The maximum Gasteiger partial charge on any atom is 0.234 e. The van der Waals surface area contributed by atoms with Crippen molar-refractivity contribution in [3.8, 4) is 0 Å². The topological polar surface area (TPSA) is 54.9 Å². The van der Waals surface area contributed by atoms with Crippen molar-refractivity contribution in [1.29, 1.82) is 0 Å². The number of aryl methyl sites for hydroxylation is 1. The molecule has 4 rings (SSSR count). The van der Waals surface area contributed by atoms with Gasteiger partial charge in [-0.2, -0.15) is 0 Å². The average Bonchev–Trinajstić information content (AvgIpc) is 2.76. The highest BCUT2D eigenvalue weighted by Gasteiger charge is 2.13. The quantitative estimate of drug-likeness (QED) is 0.420. The van der Waals surface area contributed by atoms with E-state index in [-0.39, 0.29) is 11.7 Å². The summed E-state index contributed by atoms with van der Waals surface area (Å²) < 4.78 is 0. The highest BCUT2D eigenvalue weighted by molar-refractivity contribution is 8.00. The lowest BCUT2D eigenvalue weighted by molar-refractivity contribution is -0.113. The van der Waals surface area contributed by atoms with Gasteiger partial charge in [0.2, 0.25) is 5.91 Å². The molecule has 0 fully saturated rings. The molecule has 4 nitrogen and oxygen atoms in total. The van der Waals surface area contributed by atoms with Crippen LogP contribution in [0.2, 0.25) is 0 Å². The first kappa shape index (κ1) is 20.1. The summed E-state index contributed by atoms with van der Waals surface area (Å²) in [5.41, 5.74) is 6.87. The zero-order valence-corrected chi connectivity index (χ0v) is 17.9. The van der Waals surface area contributed by atoms with Crippen molar-refractivity contribution in [3.05, 3.63) is 95.2 Å². The minimum Gasteiger partial charge on any atom is -0.325 e. The summed E-state index contributed by atoms with van der Waals surface area (Å²) >= 11 is 1.43. The standard InChI is InChI=1S/C25H23N3OS/c1-17-9-8-14-20(18(17)2)27-24(29)16-30-25-23(15-19-10-4-3-5-11-19)26-21-12-6-7-13-22(21)28-25/h3-14H,15-16H2,1-2H3,(H,27,29). The van der Waals surface area contributed by atoms with Gasteiger partial charge in [0.1, 0.15) is 5.03 Å². The first-order valence-corrected chi connectivity index (χ1v) is 10.9. The van der Waals surface area contributed by atoms with E-state index in [0.29, 0.717) is 6.42 Å². The number of para-hydroxylation sites is 2. The number of carbonyl (C=O) groups is 1. The van der Waals surface area contributed by atoms with Crippen LogP contribution in [0.25, 0.3) is 11.0 Å². The lowest BCUT2D eigenvalue weighted by Gasteiger charge is -2.12. The molecule has 0 atom stereocenters. The third-order valence-electron chi connectivity index (χ3n) is 5.04. The number of thioether (sulfide) groups is 1. The predicted octanol–water partition coefficient (Wildman–Crippen LogP) is 5.57. The number of hydrogen-bond acceptors (Lipinski definition) is 4. The number of carbonyl (C=O) groups excluding carboxylic acids is 1. The summed E-state index contributed by atoms with van der Waals surface area (Å²) in [6, 6.07) is 24.0. The molecule has 1 N–H and O–H groups in total. The van der Waals surface area contributed by atoms with E-state index in [2.05, 4.69) is 17.4 Å². The first-order valence-electron chi connectivity index (χ1n) is 9.88. The van der Waals surface area contributed by atoms with Crippen LogP contribution in [0.4, 0.5) is 5.69 Å². The molecular formula is C25H23N3OS. The molecule has 1 amide bonds. The van der Waals surface area contributed by atoms with Gasteiger partial charge in [0.15, 0.2) is 0 Å². The Hall–Kier alpha value is -3.18. The molecule has 0 aliphatic heterocycles. The number of nitrogens with zero attached hydrogens (tertiary/aromatic N) is 2. The van der Waals surface area contributed by atoms with Crippen LogP contribution in [-0.2, 0) is 11.2 Å². The van der Waals surface area contributed by atoms with E-state index in [1.165, 1.54) is 17.3 Å². The number of aromatic nitrogens is 2. The molecule has 0 saturated heterocycles. The van der Waals surface area contributed by atoms with Crippen molar-refractivity contribution in [3.63, 3.8) is 0 Å². The van der Waals surface area contributed by atoms with Gasteiger partial charge >= 0.3 is 0 Å². The van der Waals surface area contributed by atoms with E-state index in [9.17, 15) is 4.79 Å². The molecule has 0 aliphatic carbocycles. The number of benzene rings is 3. The maximum atomic E-state index is 12.6. The van der Waals surface area contributed by atoms with Gasteiger partial charge < -0.3 is 5.32 Å². The van der Waals surface area contributed by atoms with Crippen molar-refractivity contribution in [2.75, 3.05) is 11.1 Å². The molecule has 30 heavy (non-hydrogen) atoms. The molecule has 1 heterocycles. The molecule has 150 valence electrons. The smallest absolute Gasteiger partial charge is 0.234 e. The van der Waals surface area contributed by atoms with Crippen LogP contribution in [0, 0.1) is 13.8 Å². The van der Waals surface area contributed by atoms with Crippen LogP contribution in [0.3, 0.4) is 0 Å². The Labute approximate surface area is 180 Å². The Morgan fingerprint density at radius 3 is 2.33 bits per heavy atom. The monoisotopic (exact) mass is 413 g/mol. The number of anilines is 1. The fourth-order valence-corrected chi connectivity index (χ4v) is 4.03. The third kappa shape index (κ3) is 4.69. The predicted molar refractivity (Wildman–Crippen MR) is 124 cm³/mol. The second-order valence-electron chi connectivity index (χ2n) is 7.21. The van der Waals surface area contributed by atoms with Crippen LogP contribution in [-0.4, -0.2) is 21.6 Å². The summed E-state index contributed by atoms with van der Waals surface area (Å²) in [7, 11) is 0. The molecule has 1 aromatic heterocycles. The zero-order chi connectivity index (χ0) is 20.9. The largest absolute Gasteiger partial charge is 0.325 e. The van der Waals surface area contributed by atoms with E-state index in [4.69, 9.17) is 9.97 Å². The van der Waals surface area contributed by atoms with Gasteiger partial charge in [-0.1, -0.05) is 66.4 Å². The molecule has 0 bridgehead atoms. The summed E-state index contributed by atoms with van der Waals surface area (Å²) in [6.45, 7) is 4.06. The average molecular weight is 414 g/mol. The van der Waals surface area contributed by atoms with Crippen LogP contribution < -0.4 is 5.32 Å². The van der Waals surface area contributed by atoms with Gasteiger partial charge in [0, 0.05) is 12.1 Å². The molecular weight excluding hydrogens is 390 g/mol. The molecule has 0 spiro atoms. The van der Waals surface area contributed by atoms with Gasteiger partial charge in [-0.25, -0.2) is 9.97 Å². The number of rotatable bonds is 6. The Morgan fingerprint density at radius 2 is 1.57 bits per heavy atom. The minimum absolute atomic E-state index is 0.0469. The van der Waals surface area contributed by atoms with Crippen molar-refractivity contribution in [2.45, 2.75) is 25.3 Å². The van der Waals surface area contributed by atoms with Crippen molar-refractivity contribution >= 4 is 34.4 Å². The Bertz CT molecular complexity index is 1190. The van der Waals surface area contributed by atoms with Crippen LogP contribution in [0.15, 0.2) is 77.8 Å². The molecule has 0 aliphatic rings. The highest BCUT2D eigenvalue weighted by Crippen LogP contribution is 2.25. The fraction of sp³-hybridized carbons (Fsp3) is 0.160. The summed E-state index contributed by atoms with van der Waals surface area (Å²) in [5.74, 6) is 0.233. The number of fused-ring (bicyclic) bond motifs is 1. The number of nitrogens with one attached hydrogen (secondary N) is 1. The highest BCUT2D eigenvalue weighted by atomic mass is 32.2. The van der Waals surface area contributed by atoms with Crippen LogP contribution >= 0.6 is 11.8 Å². The van der Waals surface area contributed by atoms with Crippen LogP contribution in [0.1, 0.15) is 22.4 Å². The van der Waals surface area contributed by atoms with Gasteiger partial charge in [-0.3, -0.25) is 4.79 Å². The van der Waals surface area contributed by atoms with Crippen LogP contribution in [0.5, 0.6) is 0 Å². The third-order valence-corrected chi connectivity index (χ3v) is 6.05. The minimum atomic E-state index is -0.0469. The van der Waals surface area contributed by atoms with E-state index < -0.39 is 0 Å². The first-order chi connectivity index (χ1) is 14.6. The summed E-state index contributed by atoms with van der Waals surface area (Å²) in [6.07, 6.45) is 0.680.